The first kappa shape index (κ1) is 15.8. The minimum absolute atomic E-state index is 0.105. The number of aromatic hydroxyl groups is 2. The maximum Gasteiger partial charge on any atom is 0.253 e. The van der Waals surface area contributed by atoms with Crippen molar-refractivity contribution in [3.8, 4) is 22.8 Å². The standard InChI is InChI=1S/C12H11Cl2NO5S/c1-2-21(18,19)15-12-10(17)9(16)11(20-12)6-4-3-5-7(13)8(6)14/h3-5,15-17H,2H2,1H3. The van der Waals surface area contributed by atoms with Gasteiger partial charge in [-0.15, -0.1) is 0 Å². The molecule has 1 aromatic heterocycles. The van der Waals surface area contributed by atoms with E-state index in [0.717, 1.165) is 0 Å². The minimum atomic E-state index is -3.67. The Bertz CT molecular complexity index is 785. The Kier molecular flexibility index (Phi) is 4.27. The summed E-state index contributed by atoms with van der Waals surface area (Å²) in [5.41, 5.74) is 0.221. The van der Waals surface area contributed by atoms with E-state index in [1.165, 1.54) is 19.1 Å². The highest BCUT2D eigenvalue weighted by Gasteiger charge is 2.25. The minimum Gasteiger partial charge on any atom is -0.502 e. The zero-order valence-electron chi connectivity index (χ0n) is 10.7. The molecule has 6 nitrogen and oxygen atoms in total. The number of benzene rings is 1. The molecule has 1 aromatic carbocycles. The molecule has 9 heteroatoms. The monoisotopic (exact) mass is 351 g/mol. The molecule has 0 saturated heterocycles. The van der Waals surface area contributed by atoms with Gasteiger partial charge in [-0.1, -0.05) is 29.3 Å². The second kappa shape index (κ2) is 5.67. The number of anilines is 1. The van der Waals surface area contributed by atoms with Crippen LogP contribution < -0.4 is 4.72 Å². The van der Waals surface area contributed by atoms with E-state index in [0.29, 0.717) is 0 Å². The van der Waals surface area contributed by atoms with Crippen LogP contribution in [-0.4, -0.2) is 24.4 Å². The first-order chi connectivity index (χ1) is 9.76. The molecular weight excluding hydrogens is 341 g/mol. The van der Waals surface area contributed by atoms with Gasteiger partial charge in [0.05, 0.1) is 15.8 Å². The van der Waals surface area contributed by atoms with E-state index < -0.39 is 27.4 Å². The smallest absolute Gasteiger partial charge is 0.253 e. The van der Waals surface area contributed by atoms with Crippen LogP contribution in [0.2, 0.25) is 10.0 Å². The second-order valence-electron chi connectivity index (χ2n) is 4.06. The molecule has 0 fully saturated rings. The molecule has 0 radical (unpaired) electrons. The Morgan fingerprint density at radius 1 is 1.24 bits per heavy atom. The summed E-state index contributed by atoms with van der Waals surface area (Å²) in [6, 6.07) is 4.61. The van der Waals surface area contributed by atoms with Gasteiger partial charge in [-0.3, -0.25) is 0 Å². The van der Waals surface area contributed by atoms with Gasteiger partial charge in [0.2, 0.25) is 21.5 Å². The van der Waals surface area contributed by atoms with E-state index in [4.69, 9.17) is 27.6 Å². The molecule has 0 saturated carbocycles. The van der Waals surface area contributed by atoms with Gasteiger partial charge >= 0.3 is 0 Å². The van der Waals surface area contributed by atoms with Crippen LogP contribution >= 0.6 is 23.2 Å². The third-order valence-corrected chi connectivity index (χ3v) is 4.76. The lowest BCUT2D eigenvalue weighted by Crippen LogP contribution is -2.14. The van der Waals surface area contributed by atoms with Crippen LogP contribution in [0.3, 0.4) is 0 Å². The average Bonchev–Trinajstić information content (AvgIpc) is 2.70. The van der Waals surface area contributed by atoms with E-state index in [9.17, 15) is 18.6 Å². The van der Waals surface area contributed by atoms with Crippen molar-refractivity contribution in [1.82, 2.24) is 0 Å². The van der Waals surface area contributed by atoms with E-state index >= 15 is 0 Å². The third kappa shape index (κ3) is 3.04. The summed E-state index contributed by atoms with van der Waals surface area (Å²) in [6.45, 7) is 1.41. The average molecular weight is 352 g/mol. The molecule has 0 atom stereocenters. The normalized spacial score (nSPS) is 11.6. The molecule has 0 bridgehead atoms. The first-order valence-electron chi connectivity index (χ1n) is 5.76. The van der Waals surface area contributed by atoms with Crippen molar-refractivity contribution >= 4 is 39.1 Å². The summed E-state index contributed by atoms with van der Waals surface area (Å²) >= 11 is 11.9. The molecule has 0 unspecified atom stereocenters. The summed E-state index contributed by atoms with van der Waals surface area (Å²) < 4.78 is 30.2. The summed E-state index contributed by atoms with van der Waals surface area (Å²) in [6.07, 6.45) is 0. The van der Waals surface area contributed by atoms with Gasteiger partial charge in [-0.2, -0.15) is 0 Å². The molecule has 0 amide bonds. The Hall–Kier alpha value is -1.57. The predicted octanol–water partition coefficient (Wildman–Crippen LogP) is 3.43. The molecular formula is C12H11Cl2NO5S. The second-order valence-corrected chi connectivity index (χ2v) is 6.86. The van der Waals surface area contributed by atoms with Crippen LogP contribution in [0.15, 0.2) is 22.6 Å². The van der Waals surface area contributed by atoms with Crippen molar-refractivity contribution < 1.29 is 23.0 Å². The Morgan fingerprint density at radius 3 is 2.52 bits per heavy atom. The van der Waals surface area contributed by atoms with Gasteiger partial charge in [0.25, 0.3) is 5.88 Å². The molecule has 0 aliphatic carbocycles. The number of furan rings is 1. The Balaban J connectivity index is 2.55. The van der Waals surface area contributed by atoms with Crippen molar-refractivity contribution in [3.63, 3.8) is 0 Å². The highest BCUT2D eigenvalue weighted by molar-refractivity contribution is 7.92. The number of hydrogen-bond acceptors (Lipinski definition) is 5. The van der Waals surface area contributed by atoms with Crippen LogP contribution in [0, 0.1) is 0 Å². The van der Waals surface area contributed by atoms with E-state index in [2.05, 4.69) is 0 Å². The van der Waals surface area contributed by atoms with Crippen LogP contribution in [0.1, 0.15) is 6.92 Å². The maximum atomic E-state index is 11.5. The molecule has 114 valence electrons. The van der Waals surface area contributed by atoms with Crippen LogP contribution in [-0.2, 0) is 10.0 Å². The lowest BCUT2D eigenvalue weighted by Gasteiger charge is -2.03. The topological polar surface area (TPSA) is 99.8 Å². The number of hydrogen-bond donors (Lipinski definition) is 3. The molecule has 0 aliphatic rings. The lowest BCUT2D eigenvalue weighted by molar-refractivity contribution is 0.410. The van der Waals surface area contributed by atoms with Gasteiger partial charge in [0.15, 0.2) is 5.76 Å². The van der Waals surface area contributed by atoms with Crippen molar-refractivity contribution in [1.29, 1.82) is 0 Å². The van der Waals surface area contributed by atoms with Crippen molar-refractivity contribution in [2.75, 3.05) is 10.5 Å². The molecule has 1 heterocycles. The molecule has 21 heavy (non-hydrogen) atoms. The Morgan fingerprint density at radius 2 is 1.90 bits per heavy atom. The van der Waals surface area contributed by atoms with Gasteiger partial charge < -0.3 is 14.6 Å². The zero-order chi connectivity index (χ0) is 15.8. The van der Waals surface area contributed by atoms with Gasteiger partial charge in [0, 0.05) is 5.56 Å². The van der Waals surface area contributed by atoms with Crippen molar-refractivity contribution in [3.05, 3.63) is 28.2 Å². The quantitative estimate of drug-likeness (QED) is 0.783. The maximum absolute atomic E-state index is 11.5. The van der Waals surface area contributed by atoms with E-state index in [-0.39, 0.29) is 27.1 Å². The van der Waals surface area contributed by atoms with Gasteiger partial charge in [0.1, 0.15) is 0 Å². The fourth-order valence-corrected chi connectivity index (χ4v) is 2.51. The number of rotatable bonds is 4. The van der Waals surface area contributed by atoms with Crippen molar-refractivity contribution in [2.45, 2.75) is 6.92 Å². The molecule has 0 spiro atoms. The molecule has 3 N–H and O–H groups in total. The molecule has 2 aromatic rings. The lowest BCUT2D eigenvalue weighted by atomic mass is 10.1. The number of nitrogens with one attached hydrogen (secondary N) is 1. The number of sulfonamides is 1. The molecule has 0 aliphatic heterocycles. The first-order valence-corrected chi connectivity index (χ1v) is 8.17. The zero-order valence-corrected chi connectivity index (χ0v) is 13.1. The van der Waals surface area contributed by atoms with E-state index in [1.807, 2.05) is 4.72 Å². The highest BCUT2D eigenvalue weighted by Crippen LogP contribution is 2.48. The van der Waals surface area contributed by atoms with Crippen molar-refractivity contribution in [2.24, 2.45) is 0 Å². The van der Waals surface area contributed by atoms with Gasteiger partial charge in [-0.25, -0.2) is 13.1 Å². The largest absolute Gasteiger partial charge is 0.502 e. The van der Waals surface area contributed by atoms with Crippen LogP contribution in [0.5, 0.6) is 11.5 Å². The molecule has 2 rings (SSSR count). The fourth-order valence-electron chi connectivity index (χ4n) is 1.56. The predicted molar refractivity (Wildman–Crippen MR) is 80.6 cm³/mol. The fraction of sp³-hybridized carbons (Fsp3) is 0.167. The van der Waals surface area contributed by atoms with Gasteiger partial charge in [-0.05, 0) is 19.1 Å². The van der Waals surface area contributed by atoms with Crippen LogP contribution in [0.4, 0.5) is 5.88 Å². The SMILES string of the molecule is CCS(=O)(=O)Nc1oc(-c2cccc(Cl)c2Cl)c(O)c1O. The summed E-state index contributed by atoms with van der Waals surface area (Å²) in [4.78, 5) is 0. The highest BCUT2D eigenvalue weighted by atomic mass is 35.5. The summed E-state index contributed by atoms with van der Waals surface area (Å²) in [7, 11) is -3.67. The number of halogens is 2. The van der Waals surface area contributed by atoms with Crippen LogP contribution in [0.25, 0.3) is 11.3 Å². The third-order valence-electron chi connectivity index (χ3n) is 2.68. The Labute approximate surface area is 131 Å². The summed E-state index contributed by atoms with van der Waals surface area (Å²) in [5, 5.41) is 20.0. The van der Waals surface area contributed by atoms with E-state index in [1.54, 1.807) is 6.07 Å². The summed E-state index contributed by atoms with van der Waals surface area (Å²) in [5.74, 6) is -2.25.